The maximum atomic E-state index is 7.90. The van der Waals surface area contributed by atoms with Crippen molar-refractivity contribution in [2.75, 3.05) is 0 Å². The van der Waals surface area contributed by atoms with Gasteiger partial charge in [-0.15, -0.1) is 0 Å². The molecule has 0 amide bonds. The van der Waals surface area contributed by atoms with E-state index in [2.05, 4.69) is 4.57 Å². The van der Waals surface area contributed by atoms with Crippen LogP contribution in [0, 0.1) is 0 Å². The number of fused-ring (bicyclic) bond motifs is 3. The van der Waals surface area contributed by atoms with E-state index in [1.54, 1.807) is 0 Å². The van der Waals surface area contributed by atoms with Crippen molar-refractivity contribution in [1.29, 1.82) is 0 Å². The Hall–Kier alpha value is -2.54. The second-order valence-electron chi connectivity index (χ2n) is 4.56. The van der Waals surface area contributed by atoms with Crippen LogP contribution in [0.2, 0.25) is 0 Å². The van der Waals surface area contributed by atoms with Gasteiger partial charge in [0, 0.05) is 16.5 Å². The van der Waals surface area contributed by atoms with Gasteiger partial charge in [-0.3, -0.25) is 0 Å². The fraction of sp³-hybridized carbons (Fsp3) is 0. The second-order valence-corrected chi connectivity index (χ2v) is 4.56. The molecule has 0 aliphatic rings. The minimum absolute atomic E-state index is 0.494. The zero-order chi connectivity index (χ0) is 14.4. The molecule has 0 bridgehead atoms. The fourth-order valence-electron chi connectivity index (χ4n) is 2.65. The number of hydrogen-bond acceptors (Lipinski definition) is 0. The van der Waals surface area contributed by atoms with Gasteiger partial charge >= 0.3 is 0 Å². The van der Waals surface area contributed by atoms with E-state index < -0.39 is 0 Å². The normalized spacial score (nSPS) is 12.6. The summed E-state index contributed by atoms with van der Waals surface area (Å²) in [7, 11) is 0. The molecule has 0 radical (unpaired) electrons. The number of aromatic nitrogens is 1. The third kappa shape index (κ3) is 1.48. The van der Waals surface area contributed by atoms with Gasteiger partial charge in [-0.2, -0.15) is 0 Å². The third-order valence-electron chi connectivity index (χ3n) is 3.47. The van der Waals surface area contributed by atoms with Gasteiger partial charge in [0.2, 0.25) is 0 Å². The predicted octanol–water partition coefficient (Wildman–Crippen LogP) is 4.78. The molecule has 0 fully saturated rings. The van der Waals surface area contributed by atoms with Crippen molar-refractivity contribution < 1.29 is 2.74 Å². The van der Waals surface area contributed by atoms with Crippen LogP contribution in [-0.4, -0.2) is 4.57 Å². The molecule has 1 heterocycles. The van der Waals surface area contributed by atoms with Crippen molar-refractivity contribution in [2.24, 2.45) is 0 Å². The molecule has 1 aromatic heterocycles. The maximum absolute atomic E-state index is 7.90. The van der Waals surface area contributed by atoms with Gasteiger partial charge in [0.25, 0.3) is 0 Å². The van der Waals surface area contributed by atoms with Gasteiger partial charge in [-0.05, 0) is 24.3 Å². The molecule has 1 heteroatoms. The Morgan fingerprint density at radius 3 is 1.79 bits per heavy atom. The zero-order valence-electron chi connectivity index (χ0n) is 12.3. The molecule has 4 rings (SSSR count). The van der Waals surface area contributed by atoms with Crippen molar-refractivity contribution in [2.45, 2.75) is 0 Å². The highest BCUT2D eigenvalue weighted by Crippen LogP contribution is 2.31. The molecule has 4 aromatic rings. The molecule has 0 atom stereocenters. The molecule has 3 aromatic carbocycles. The average molecular weight is 245 g/mol. The Labute approximate surface area is 114 Å². The highest BCUT2D eigenvalue weighted by Gasteiger charge is 2.10. The van der Waals surface area contributed by atoms with Crippen molar-refractivity contribution in [3.8, 4) is 5.69 Å². The summed E-state index contributed by atoms with van der Waals surface area (Å²) in [5, 5.41) is 2.23. The van der Waals surface area contributed by atoms with E-state index in [9.17, 15) is 0 Å². The number of benzene rings is 3. The summed E-state index contributed by atoms with van der Waals surface area (Å²) in [4.78, 5) is 0. The highest BCUT2D eigenvalue weighted by atomic mass is 15.0. The van der Waals surface area contributed by atoms with Gasteiger partial charge in [0.1, 0.15) is 0 Å². The lowest BCUT2D eigenvalue weighted by molar-refractivity contribution is 1.18. The van der Waals surface area contributed by atoms with Crippen LogP contribution in [0.15, 0.2) is 78.8 Å². The lowest BCUT2D eigenvalue weighted by Crippen LogP contribution is -1.92. The molecule has 0 aliphatic heterocycles. The quantitative estimate of drug-likeness (QED) is 0.454. The van der Waals surface area contributed by atoms with E-state index in [0.717, 1.165) is 27.5 Å². The predicted molar refractivity (Wildman–Crippen MR) is 80.8 cm³/mol. The molecular formula is C18H13N. The van der Waals surface area contributed by atoms with Crippen LogP contribution in [0.3, 0.4) is 0 Å². The first-order valence-electron chi connectivity index (χ1n) is 7.31. The van der Waals surface area contributed by atoms with Gasteiger partial charge in [-0.1, -0.05) is 54.5 Å². The summed E-state index contributed by atoms with van der Waals surface area (Å²) in [5.41, 5.74) is 3.07. The van der Waals surface area contributed by atoms with E-state index >= 15 is 0 Å². The van der Waals surface area contributed by atoms with Crippen LogP contribution in [0.4, 0.5) is 0 Å². The Bertz CT molecular complexity index is 896. The van der Waals surface area contributed by atoms with Gasteiger partial charge in [-0.25, -0.2) is 0 Å². The van der Waals surface area contributed by atoms with Crippen molar-refractivity contribution >= 4 is 21.8 Å². The van der Waals surface area contributed by atoms with Crippen LogP contribution in [0.25, 0.3) is 27.5 Å². The number of rotatable bonds is 1. The lowest BCUT2D eigenvalue weighted by Gasteiger charge is -2.06. The summed E-state index contributed by atoms with van der Waals surface area (Å²) < 4.78 is 17.9. The SMILES string of the molecule is [2H]c1ccc2c3ccc([2H])cc3n(-c3ccccc3)c2c1. The summed E-state index contributed by atoms with van der Waals surface area (Å²) in [6.07, 6.45) is 0. The zero-order valence-corrected chi connectivity index (χ0v) is 10.3. The summed E-state index contributed by atoms with van der Waals surface area (Å²) in [5.74, 6) is 0. The monoisotopic (exact) mass is 245 g/mol. The van der Waals surface area contributed by atoms with Crippen LogP contribution in [0.1, 0.15) is 2.74 Å². The van der Waals surface area contributed by atoms with E-state index in [0.29, 0.717) is 12.1 Å². The van der Waals surface area contributed by atoms with E-state index in [4.69, 9.17) is 2.74 Å². The average Bonchev–Trinajstić information content (AvgIpc) is 2.80. The molecule has 0 spiro atoms. The van der Waals surface area contributed by atoms with Gasteiger partial charge in [0.05, 0.1) is 13.8 Å². The molecule has 0 aliphatic carbocycles. The van der Waals surface area contributed by atoms with Crippen molar-refractivity contribution in [3.05, 3.63) is 78.8 Å². The topological polar surface area (TPSA) is 4.93 Å². The maximum Gasteiger partial charge on any atom is 0.0623 e. The van der Waals surface area contributed by atoms with E-state index in [1.165, 1.54) is 0 Å². The number of hydrogen-bond donors (Lipinski definition) is 0. The summed E-state index contributed by atoms with van der Waals surface area (Å²) >= 11 is 0. The van der Waals surface area contributed by atoms with Crippen LogP contribution in [-0.2, 0) is 0 Å². The molecule has 19 heavy (non-hydrogen) atoms. The standard InChI is InChI=1S/C18H13N/c1-2-8-14(9-3-1)19-17-12-6-4-10-15(17)16-11-5-7-13-18(16)19/h1-13H/i6D,7D. The smallest absolute Gasteiger partial charge is 0.0623 e. The van der Waals surface area contributed by atoms with Gasteiger partial charge in [0.15, 0.2) is 0 Å². The van der Waals surface area contributed by atoms with E-state index in [-0.39, 0.29) is 0 Å². The number of para-hydroxylation sites is 3. The van der Waals surface area contributed by atoms with Crippen LogP contribution in [0.5, 0.6) is 0 Å². The Morgan fingerprint density at radius 2 is 1.21 bits per heavy atom. The van der Waals surface area contributed by atoms with Gasteiger partial charge < -0.3 is 4.57 Å². The molecule has 0 saturated heterocycles. The Kier molecular flexibility index (Phi) is 1.79. The minimum atomic E-state index is 0.494. The minimum Gasteiger partial charge on any atom is -0.309 e. The van der Waals surface area contributed by atoms with Crippen LogP contribution < -0.4 is 0 Å². The summed E-state index contributed by atoms with van der Waals surface area (Å²) in [6.45, 7) is 0. The first-order valence-corrected chi connectivity index (χ1v) is 6.31. The van der Waals surface area contributed by atoms with Crippen LogP contribution >= 0.6 is 0 Å². The fourth-order valence-corrected chi connectivity index (χ4v) is 2.65. The highest BCUT2D eigenvalue weighted by molar-refractivity contribution is 6.09. The third-order valence-corrected chi connectivity index (χ3v) is 3.47. The molecule has 90 valence electrons. The van der Waals surface area contributed by atoms with Crippen molar-refractivity contribution in [1.82, 2.24) is 4.57 Å². The molecule has 0 unspecified atom stereocenters. The lowest BCUT2D eigenvalue weighted by atomic mass is 10.2. The first kappa shape index (κ1) is 8.54. The number of nitrogens with zero attached hydrogens (tertiary/aromatic N) is 1. The largest absolute Gasteiger partial charge is 0.309 e. The Balaban J connectivity index is 2.24. The second kappa shape index (κ2) is 3.99. The molecule has 1 nitrogen and oxygen atoms in total. The van der Waals surface area contributed by atoms with E-state index in [1.807, 2.05) is 66.7 Å². The molecular weight excluding hydrogens is 230 g/mol. The summed E-state index contributed by atoms with van der Waals surface area (Å²) in [6, 6.07) is 22.4. The Morgan fingerprint density at radius 1 is 0.632 bits per heavy atom. The molecule has 0 N–H and O–H groups in total. The van der Waals surface area contributed by atoms with Crippen molar-refractivity contribution in [3.63, 3.8) is 0 Å². The molecule has 0 saturated carbocycles. The first-order chi connectivity index (χ1) is 10.2.